The van der Waals surface area contributed by atoms with E-state index in [-0.39, 0.29) is 19.4 Å². The number of hydrogen-bond donors (Lipinski definition) is 1. The van der Waals surface area contributed by atoms with Crippen LogP contribution in [0.4, 0.5) is 0 Å². The van der Waals surface area contributed by atoms with Crippen LogP contribution in [0.5, 0.6) is 0 Å². The van der Waals surface area contributed by atoms with Crippen LogP contribution in [-0.4, -0.2) is 35.6 Å². The highest BCUT2D eigenvalue weighted by atomic mass is 16.5. The lowest BCUT2D eigenvalue weighted by Gasteiger charge is -2.28. The molecular weight excluding hydrogens is 238 g/mol. The Labute approximate surface area is 106 Å². The summed E-state index contributed by atoms with van der Waals surface area (Å²) in [7, 11) is 0. The fraction of sp³-hybridized carbons (Fsp3) is 0.667. The summed E-state index contributed by atoms with van der Waals surface area (Å²) in [5.74, 6) is -1.98. The molecule has 0 spiro atoms. The van der Waals surface area contributed by atoms with Gasteiger partial charge in [-0.15, -0.1) is 0 Å². The summed E-state index contributed by atoms with van der Waals surface area (Å²) >= 11 is 0. The molecule has 1 N–H and O–H groups in total. The van der Waals surface area contributed by atoms with Gasteiger partial charge in [0.05, 0.1) is 6.61 Å². The van der Waals surface area contributed by atoms with Gasteiger partial charge in [-0.3, -0.25) is 19.2 Å². The fourth-order valence-corrected chi connectivity index (χ4v) is 1.66. The molecule has 102 valence electrons. The average molecular weight is 257 g/mol. The highest BCUT2D eigenvalue weighted by Gasteiger charge is 2.41. The van der Waals surface area contributed by atoms with Crippen molar-refractivity contribution >= 4 is 23.4 Å². The van der Waals surface area contributed by atoms with E-state index in [9.17, 15) is 19.2 Å². The lowest BCUT2D eigenvalue weighted by atomic mass is 9.85. The zero-order chi connectivity index (χ0) is 14.3. The molecular formula is C12H19NO5. The second-order valence-corrected chi connectivity index (χ2v) is 4.00. The SMILES string of the molecule is CCOC(=O)CCC(NC(C)=O)(C(C)=O)C(C)=O. The van der Waals surface area contributed by atoms with Crippen molar-refractivity contribution < 1.29 is 23.9 Å². The first-order chi connectivity index (χ1) is 8.26. The number of rotatable bonds is 7. The zero-order valence-corrected chi connectivity index (χ0v) is 11.2. The molecule has 18 heavy (non-hydrogen) atoms. The molecule has 0 bridgehead atoms. The monoisotopic (exact) mass is 257 g/mol. The van der Waals surface area contributed by atoms with E-state index in [1.807, 2.05) is 0 Å². The van der Waals surface area contributed by atoms with Crippen molar-refractivity contribution in [3.05, 3.63) is 0 Å². The third-order valence-electron chi connectivity index (χ3n) is 2.60. The van der Waals surface area contributed by atoms with E-state index >= 15 is 0 Å². The summed E-state index contributed by atoms with van der Waals surface area (Å²) < 4.78 is 4.73. The van der Waals surface area contributed by atoms with Crippen molar-refractivity contribution in [2.45, 2.75) is 46.1 Å². The van der Waals surface area contributed by atoms with E-state index in [1.54, 1.807) is 6.92 Å². The van der Waals surface area contributed by atoms with E-state index in [0.29, 0.717) is 0 Å². The van der Waals surface area contributed by atoms with Crippen LogP contribution in [0.3, 0.4) is 0 Å². The van der Waals surface area contributed by atoms with Gasteiger partial charge in [0.25, 0.3) is 0 Å². The van der Waals surface area contributed by atoms with Crippen LogP contribution in [0.25, 0.3) is 0 Å². The fourth-order valence-electron chi connectivity index (χ4n) is 1.66. The molecule has 0 heterocycles. The smallest absolute Gasteiger partial charge is 0.305 e. The number of amides is 1. The molecule has 0 radical (unpaired) electrons. The highest BCUT2D eigenvalue weighted by Crippen LogP contribution is 2.17. The zero-order valence-electron chi connectivity index (χ0n) is 11.2. The van der Waals surface area contributed by atoms with Crippen molar-refractivity contribution in [2.75, 3.05) is 6.61 Å². The number of carbonyl (C=O) groups excluding carboxylic acids is 4. The molecule has 0 aliphatic heterocycles. The molecule has 0 atom stereocenters. The molecule has 0 aromatic heterocycles. The molecule has 6 nitrogen and oxygen atoms in total. The minimum atomic E-state index is -1.63. The molecule has 0 saturated carbocycles. The molecule has 0 aliphatic carbocycles. The maximum Gasteiger partial charge on any atom is 0.305 e. The first-order valence-electron chi connectivity index (χ1n) is 5.72. The van der Waals surface area contributed by atoms with Gasteiger partial charge in [-0.05, 0) is 27.2 Å². The van der Waals surface area contributed by atoms with Gasteiger partial charge < -0.3 is 10.1 Å². The normalized spacial score (nSPS) is 10.7. The highest BCUT2D eigenvalue weighted by molar-refractivity contribution is 6.12. The van der Waals surface area contributed by atoms with Crippen molar-refractivity contribution in [3.8, 4) is 0 Å². The standard InChI is InChI=1S/C12H19NO5/c1-5-18-11(17)6-7-12(8(2)14,9(3)15)13-10(4)16/h5-7H2,1-4H3,(H,13,16). The Bertz CT molecular complexity index is 347. The third kappa shape index (κ3) is 4.27. The van der Waals surface area contributed by atoms with Crippen LogP contribution in [0, 0.1) is 0 Å². The minimum absolute atomic E-state index is 0.0872. The van der Waals surface area contributed by atoms with Gasteiger partial charge in [-0.25, -0.2) is 0 Å². The van der Waals surface area contributed by atoms with Gasteiger partial charge >= 0.3 is 5.97 Å². The van der Waals surface area contributed by atoms with Crippen molar-refractivity contribution in [1.82, 2.24) is 5.32 Å². The average Bonchev–Trinajstić information content (AvgIpc) is 2.23. The van der Waals surface area contributed by atoms with Crippen LogP contribution in [0.1, 0.15) is 40.5 Å². The molecule has 1 amide bonds. The van der Waals surface area contributed by atoms with Crippen molar-refractivity contribution in [2.24, 2.45) is 0 Å². The van der Waals surface area contributed by atoms with Gasteiger partial charge in [0.2, 0.25) is 5.91 Å². The predicted octanol–water partition coefficient (Wildman–Crippen LogP) is 0.383. The first-order valence-corrected chi connectivity index (χ1v) is 5.72. The Balaban J connectivity index is 4.96. The van der Waals surface area contributed by atoms with Gasteiger partial charge in [-0.2, -0.15) is 0 Å². The maximum atomic E-state index is 11.6. The summed E-state index contributed by atoms with van der Waals surface area (Å²) in [6.45, 7) is 5.52. The summed E-state index contributed by atoms with van der Waals surface area (Å²) in [5.41, 5.74) is -1.63. The second-order valence-electron chi connectivity index (χ2n) is 4.00. The molecule has 0 rings (SSSR count). The van der Waals surface area contributed by atoms with Gasteiger partial charge in [0, 0.05) is 13.3 Å². The number of nitrogens with one attached hydrogen (secondary N) is 1. The molecule has 0 saturated heterocycles. The van der Waals surface area contributed by atoms with Crippen molar-refractivity contribution in [1.29, 1.82) is 0 Å². The van der Waals surface area contributed by atoms with E-state index in [1.165, 1.54) is 20.8 Å². The molecule has 6 heteroatoms. The Morgan fingerprint density at radius 1 is 1.06 bits per heavy atom. The Kier molecular flexibility index (Phi) is 6.22. The molecule has 0 aromatic carbocycles. The summed E-state index contributed by atoms with van der Waals surface area (Å²) in [4.78, 5) is 45.6. The second kappa shape index (κ2) is 6.88. The number of esters is 1. The number of ether oxygens (including phenoxy) is 1. The molecule has 0 aliphatic rings. The quantitative estimate of drug-likeness (QED) is 0.526. The Morgan fingerprint density at radius 3 is 1.89 bits per heavy atom. The summed E-state index contributed by atoms with van der Waals surface area (Å²) in [6, 6.07) is 0. The van der Waals surface area contributed by atoms with E-state index in [2.05, 4.69) is 5.32 Å². The maximum absolute atomic E-state index is 11.6. The van der Waals surface area contributed by atoms with E-state index < -0.39 is 29.0 Å². The van der Waals surface area contributed by atoms with Crippen LogP contribution in [0.15, 0.2) is 0 Å². The van der Waals surface area contributed by atoms with E-state index in [4.69, 9.17) is 4.74 Å². The molecule has 0 unspecified atom stereocenters. The first kappa shape index (κ1) is 16.3. The Hall–Kier alpha value is -1.72. The van der Waals surface area contributed by atoms with Crippen LogP contribution in [-0.2, 0) is 23.9 Å². The lowest BCUT2D eigenvalue weighted by Crippen LogP contribution is -2.58. The predicted molar refractivity (Wildman–Crippen MR) is 63.8 cm³/mol. The Morgan fingerprint density at radius 2 is 1.56 bits per heavy atom. The van der Waals surface area contributed by atoms with Crippen LogP contribution >= 0.6 is 0 Å². The molecule has 0 fully saturated rings. The van der Waals surface area contributed by atoms with Crippen LogP contribution < -0.4 is 5.32 Å². The number of hydrogen-bond acceptors (Lipinski definition) is 5. The third-order valence-corrected chi connectivity index (χ3v) is 2.60. The lowest BCUT2D eigenvalue weighted by molar-refractivity contribution is -0.145. The number of Topliss-reactive ketones (excluding diaryl/α,β-unsaturated/α-hetero) is 2. The summed E-state index contributed by atoms with van der Waals surface area (Å²) in [6.07, 6.45) is -0.191. The van der Waals surface area contributed by atoms with Crippen LogP contribution in [0.2, 0.25) is 0 Å². The largest absolute Gasteiger partial charge is 0.466 e. The van der Waals surface area contributed by atoms with Gasteiger partial charge in [0.15, 0.2) is 17.1 Å². The van der Waals surface area contributed by atoms with E-state index in [0.717, 1.165) is 0 Å². The number of carbonyl (C=O) groups is 4. The number of ketones is 2. The molecule has 0 aromatic rings. The summed E-state index contributed by atoms with van der Waals surface area (Å²) in [5, 5.41) is 2.34. The topological polar surface area (TPSA) is 89.5 Å². The van der Waals surface area contributed by atoms with Crippen molar-refractivity contribution in [3.63, 3.8) is 0 Å². The minimum Gasteiger partial charge on any atom is -0.466 e. The van der Waals surface area contributed by atoms with Gasteiger partial charge in [-0.1, -0.05) is 0 Å². The van der Waals surface area contributed by atoms with Gasteiger partial charge in [0.1, 0.15) is 0 Å².